The third-order valence-electron chi connectivity index (χ3n) is 4.59. The molecule has 0 saturated heterocycles. The first kappa shape index (κ1) is 19.4. The van der Waals surface area contributed by atoms with Crippen LogP contribution in [0.1, 0.15) is 11.8 Å². The van der Waals surface area contributed by atoms with Crippen LogP contribution in [0.15, 0.2) is 24.4 Å². The van der Waals surface area contributed by atoms with Gasteiger partial charge in [-0.1, -0.05) is 6.92 Å². The summed E-state index contributed by atoms with van der Waals surface area (Å²) in [5.41, 5.74) is 0.795. The number of hydrogen-bond acceptors (Lipinski definition) is 6. The van der Waals surface area contributed by atoms with Gasteiger partial charge < -0.3 is 14.4 Å². The molecule has 0 N–H and O–H groups in total. The molecule has 144 valence electrons. The number of thiophene rings is 1. The molecule has 0 unspecified atom stereocenters. The maximum absolute atomic E-state index is 12.1. The lowest BCUT2D eigenvalue weighted by Crippen LogP contribution is -2.36. The molecule has 27 heavy (non-hydrogen) atoms. The third kappa shape index (κ3) is 3.70. The monoisotopic (exact) mass is 387 g/mol. The van der Waals surface area contributed by atoms with Gasteiger partial charge in [0, 0.05) is 42.5 Å². The summed E-state index contributed by atoms with van der Waals surface area (Å²) >= 11 is 1.67. The summed E-state index contributed by atoms with van der Waals surface area (Å²) in [7, 11) is 6.91. The number of carbonyl (C=O) groups excluding carboxylic acids is 1. The van der Waals surface area contributed by atoms with Crippen LogP contribution in [0.5, 0.6) is 11.5 Å². The molecule has 0 saturated carbocycles. The maximum Gasteiger partial charge on any atom is 0.236 e. The molecule has 0 spiro atoms. The highest BCUT2D eigenvalue weighted by Crippen LogP contribution is 2.45. The molecule has 1 amide bonds. The van der Waals surface area contributed by atoms with E-state index in [0.29, 0.717) is 13.1 Å². The lowest BCUT2D eigenvalue weighted by atomic mass is 10.1. The standard InChI is InChI=1S/C20H25N3O3S/c1-6-23(12-16(24)22(2)3)11-13-10-15-18(25-4)17-14(8-7-9-21-17)19(26-5)20(15)27-13/h7-10H,6,11-12H2,1-5H3. The van der Waals surface area contributed by atoms with Gasteiger partial charge in [-0.15, -0.1) is 11.3 Å². The number of methoxy groups -OCH3 is 2. The Bertz CT molecular complexity index is 907. The van der Waals surface area contributed by atoms with Crippen LogP contribution in [0.4, 0.5) is 0 Å². The molecule has 0 fully saturated rings. The van der Waals surface area contributed by atoms with E-state index in [0.717, 1.165) is 43.9 Å². The number of likely N-dealkylation sites (N-methyl/N-ethyl adjacent to an activating group) is 2. The first-order valence-electron chi connectivity index (χ1n) is 8.83. The van der Waals surface area contributed by atoms with Crippen LogP contribution in [0.25, 0.3) is 21.0 Å². The number of amides is 1. The van der Waals surface area contributed by atoms with E-state index in [4.69, 9.17) is 9.47 Å². The summed E-state index contributed by atoms with van der Waals surface area (Å²) in [5.74, 6) is 1.68. The second-order valence-corrected chi connectivity index (χ2v) is 7.65. The molecule has 0 bridgehead atoms. The van der Waals surface area contributed by atoms with Crippen LogP contribution in [0.2, 0.25) is 0 Å². The van der Waals surface area contributed by atoms with E-state index < -0.39 is 0 Å². The second-order valence-electron chi connectivity index (χ2n) is 6.51. The largest absolute Gasteiger partial charge is 0.495 e. The molecule has 3 aromatic rings. The molecule has 6 nitrogen and oxygen atoms in total. The van der Waals surface area contributed by atoms with Crippen molar-refractivity contribution in [3.8, 4) is 11.5 Å². The number of hydrogen-bond donors (Lipinski definition) is 0. The molecule has 0 radical (unpaired) electrons. The summed E-state index contributed by atoms with van der Waals surface area (Å²) in [4.78, 5) is 21.5. The van der Waals surface area contributed by atoms with E-state index in [9.17, 15) is 4.79 Å². The van der Waals surface area contributed by atoms with Gasteiger partial charge >= 0.3 is 0 Å². The predicted molar refractivity (Wildman–Crippen MR) is 110 cm³/mol. The zero-order chi connectivity index (χ0) is 19.6. The zero-order valence-corrected chi connectivity index (χ0v) is 17.2. The Balaban J connectivity index is 2.06. The number of benzene rings is 1. The number of fused-ring (bicyclic) bond motifs is 2. The van der Waals surface area contributed by atoms with Crippen molar-refractivity contribution in [3.63, 3.8) is 0 Å². The smallest absolute Gasteiger partial charge is 0.236 e. The summed E-state index contributed by atoms with van der Waals surface area (Å²) in [6.07, 6.45) is 1.76. The van der Waals surface area contributed by atoms with Crippen molar-refractivity contribution < 1.29 is 14.3 Å². The Morgan fingerprint density at radius 2 is 1.93 bits per heavy atom. The van der Waals surface area contributed by atoms with E-state index in [1.54, 1.807) is 50.7 Å². The Kier molecular flexibility index (Phi) is 5.82. The van der Waals surface area contributed by atoms with Crippen molar-refractivity contribution in [1.82, 2.24) is 14.8 Å². The predicted octanol–water partition coefficient (Wildman–Crippen LogP) is 3.38. The Morgan fingerprint density at radius 3 is 2.56 bits per heavy atom. The van der Waals surface area contributed by atoms with Crippen LogP contribution in [0.3, 0.4) is 0 Å². The SMILES string of the molecule is CCN(CC(=O)N(C)C)Cc1cc2c(OC)c3ncccc3c(OC)c2s1. The minimum atomic E-state index is 0.100. The van der Waals surface area contributed by atoms with E-state index >= 15 is 0 Å². The minimum Gasteiger partial charge on any atom is -0.495 e. The highest BCUT2D eigenvalue weighted by Gasteiger charge is 2.20. The second kappa shape index (κ2) is 8.10. The third-order valence-corrected chi connectivity index (χ3v) is 5.71. The molecule has 0 atom stereocenters. The van der Waals surface area contributed by atoms with Crippen LogP contribution >= 0.6 is 11.3 Å². The highest BCUT2D eigenvalue weighted by molar-refractivity contribution is 7.19. The molecule has 0 aliphatic heterocycles. The lowest BCUT2D eigenvalue weighted by molar-refractivity contribution is -0.130. The van der Waals surface area contributed by atoms with Crippen molar-refractivity contribution in [3.05, 3.63) is 29.3 Å². The Labute approximate surface area is 163 Å². The molecular weight excluding hydrogens is 362 g/mol. The van der Waals surface area contributed by atoms with Gasteiger partial charge in [0.25, 0.3) is 0 Å². The summed E-state index contributed by atoms with van der Waals surface area (Å²) in [5, 5.41) is 1.93. The molecular formula is C20H25N3O3S. The molecule has 0 aliphatic carbocycles. The number of pyridine rings is 1. The van der Waals surface area contributed by atoms with Crippen LogP contribution in [0, 0.1) is 0 Å². The van der Waals surface area contributed by atoms with Gasteiger partial charge in [-0.3, -0.25) is 14.7 Å². The van der Waals surface area contributed by atoms with Crippen LogP contribution in [-0.2, 0) is 11.3 Å². The van der Waals surface area contributed by atoms with Gasteiger partial charge in [0.1, 0.15) is 11.3 Å². The zero-order valence-electron chi connectivity index (χ0n) is 16.4. The van der Waals surface area contributed by atoms with E-state index in [-0.39, 0.29) is 5.91 Å². The van der Waals surface area contributed by atoms with Crippen molar-refractivity contribution >= 4 is 38.2 Å². The van der Waals surface area contributed by atoms with Crippen LogP contribution in [-0.4, -0.2) is 62.1 Å². The van der Waals surface area contributed by atoms with Crippen molar-refractivity contribution in [1.29, 1.82) is 0 Å². The molecule has 7 heteroatoms. The number of aromatic nitrogens is 1. The quantitative estimate of drug-likeness (QED) is 0.622. The topological polar surface area (TPSA) is 54.9 Å². The Hall–Kier alpha value is -2.38. The fourth-order valence-electron chi connectivity index (χ4n) is 3.12. The Morgan fingerprint density at radius 1 is 1.19 bits per heavy atom. The first-order valence-corrected chi connectivity index (χ1v) is 9.65. The molecule has 3 rings (SSSR count). The summed E-state index contributed by atoms with van der Waals surface area (Å²) in [6, 6.07) is 6.02. The number of carbonyl (C=O) groups is 1. The minimum absolute atomic E-state index is 0.100. The highest BCUT2D eigenvalue weighted by atomic mass is 32.1. The summed E-state index contributed by atoms with van der Waals surface area (Å²) in [6.45, 7) is 3.96. The van der Waals surface area contributed by atoms with E-state index in [1.165, 1.54) is 0 Å². The van der Waals surface area contributed by atoms with Gasteiger partial charge in [-0.25, -0.2) is 0 Å². The fourth-order valence-corrected chi connectivity index (χ4v) is 4.35. The first-order chi connectivity index (χ1) is 13.0. The van der Waals surface area contributed by atoms with E-state index in [2.05, 4.69) is 22.9 Å². The summed E-state index contributed by atoms with van der Waals surface area (Å²) < 4.78 is 12.5. The van der Waals surface area contributed by atoms with Crippen molar-refractivity contribution in [2.24, 2.45) is 0 Å². The average Bonchev–Trinajstić information content (AvgIpc) is 3.08. The lowest BCUT2D eigenvalue weighted by Gasteiger charge is -2.21. The number of ether oxygens (including phenoxy) is 2. The van der Waals surface area contributed by atoms with Gasteiger partial charge in [0.15, 0.2) is 5.75 Å². The van der Waals surface area contributed by atoms with Gasteiger partial charge in [0.05, 0.1) is 25.5 Å². The normalized spacial score (nSPS) is 11.3. The number of rotatable bonds is 7. The number of nitrogens with zero attached hydrogens (tertiary/aromatic N) is 3. The van der Waals surface area contributed by atoms with Gasteiger partial charge in [-0.05, 0) is 24.7 Å². The van der Waals surface area contributed by atoms with Crippen LogP contribution < -0.4 is 9.47 Å². The molecule has 1 aromatic carbocycles. The van der Waals surface area contributed by atoms with Crippen molar-refractivity contribution in [2.75, 3.05) is 41.4 Å². The maximum atomic E-state index is 12.1. The molecule has 2 aromatic heterocycles. The van der Waals surface area contributed by atoms with Gasteiger partial charge in [0.2, 0.25) is 5.91 Å². The fraction of sp³-hybridized carbons (Fsp3) is 0.400. The van der Waals surface area contributed by atoms with Crippen molar-refractivity contribution in [2.45, 2.75) is 13.5 Å². The van der Waals surface area contributed by atoms with Gasteiger partial charge in [-0.2, -0.15) is 0 Å². The molecule has 2 heterocycles. The molecule has 0 aliphatic rings. The average molecular weight is 388 g/mol. The van der Waals surface area contributed by atoms with E-state index in [1.807, 2.05) is 12.1 Å².